The molecule has 0 fully saturated rings. The van der Waals surface area contributed by atoms with E-state index in [-0.39, 0.29) is 21.9 Å². The zero-order chi connectivity index (χ0) is 19.5. The molecule has 0 radical (unpaired) electrons. The largest absolute Gasteiger partial charge is 0.480 e. The van der Waals surface area contributed by atoms with Crippen molar-refractivity contribution in [2.75, 3.05) is 4.90 Å². The Bertz CT molecular complexity index is 944. The molecule has 0 saturated carbocycles. The van der Waals surface area contributed by atoms with E-state index in [0.717, 1.165) is 22.5 Å². The van der Waals surface area contributed by atoms with Crippen molar-refractivity contribution in [3.05, 3.63) is 65.7 Å². The number of halogens is 2. The van der Waals surface area contributed by atoms with Gasteiger partial charge in [-0.2, -0.15) is 8.78 Å². The summed E-state index contributed by atoms with van der Waals surface area (Å²) < 4.78 is 31.2. The highest BCUT2D eigenvalue weighted by Crippen LogP contribution is 2.34. The summed E-state index contributed by atoms with van der Waals surface area (Å²) in [6.07, 6.45) is -0.228. The summed E-state index contributed by atoms with van der Waals surface area (Å²) in [5.41, 5.74) is 1.86. The number of ether oxygens (including phenoxy) is 1. The van der Waals surface area contributed by atoms with Gasteiger partial charge in [0, 0.05) is 6.42 Å². The quantitative estimate of drug-likeness (QED) is 0.438. The number of carbonyl (C=O) groups is 1. The molecule has 0 aliphatic carbocycles. The van der Waals surface area contributed by atoms with E-state index in [1.54, 1.807) is 0 Å². The first-order valence-electron chi connectivity index (χ1n) is 8.48. The van der Waals surface area contributed by atoms with Crippen LogP contribution in [0.1, 0.15) is 11.1 Å². The fourth-order valence-corrected chi connectivity index (χ4v) is 4.39. The Morgan fingerprint density at radius 1 is 1.18 bits per heavy atom. The van der Waals surface area contributed by atoms with E-state index in [2.05, 4.69) is 10.2 Å². The summed E-state index contributed by atoms with van der Waals surface area (Å²) in [4.78, 5) is 14.7. The van der Waals surface area contributed by atoms with Crippen LogP contribution in [0.4, 0.5) is 13.9 Å². The maximum atomic E-state index is 13.2. The number of fused-ring (bicyclic) bond motifs is 1. The summed E-state index contributed by atoms with van der Waals surface area (Å²) in [6.45, 7) is 0.254. The molecule has 5 nitrogen and oxygen atoms in total. The first kappa shape index (κ1) is 18.8. The van der Waals surface area contributed by atoms with Crippen LogP contribution >= 0.6 is 23.1 Å². The monoisotopic (exact) mass is 419 g/mol. The Kier molecular flexibility index (Phi) is 5.54. The molecule has 4 rings (SSSR count). The van der Waals surface area contributed by atoms with Crippen molar-refractivity contribution >= 4 is 34.1 Å². The molecule has 1 atom stereocenters. The fraction of sp³-hybridized carbons (Fsp3) is 0.211. The molecule has 0 N–H and O–H groups in total. The van der Waals surface area contributed by atoms with Crippen LogP contribution in [0, 0.1) is 0 Å². The minimum atomic E-state index is -2.59. The van der Waals surface area contributed by atoms with Crippen LogP contribution in [0.2, 0.25) is 0 Å². The Balaban J connectivity index is 1.59. The number of benzene rings is 2. The highest BCUT2D eigenvalue weighted by Gasteiger charge is 2.34. The molecule has 0 bridgehead atoms. The highest BCUT2D eigenvalue weighted by molar-refractivity contribution is 8.01. The minimum Gasteiger partial charge on any atom is -0.480 e. The van der Waals surface area contributed by atoms with E-state index < -0.39 is 11.9 Å². The standard InChI is InChI=1S/C19H15F2N3O2S2/c20-17(21)27-19-23-22-18(28-19)24(11-12-6-2-1-3-7-12)16(25)15-10-13-8-4-5-9-14(13)26-15/h1-9,15,17H,10-11H2/t15-/m0/s1. The maximum absolute atomic E-state index is 13.2. The van der Waals surface area contributed by atoms with Gasteiger partial charge in [0.2, 0.25) is 5.13 Å². The average molecular weight is 419 g/mol. The molecule has 1 amide bonds. The van der Waals surface area contributed by atoms with E-state index in [4.69, 9.17) is 4.74 Å². The second kappa shape index (κ2) is 8.24. The van der Waals surface area contributed by atoms with Crippen LogP contribution in [0.5, 0.6) is 5.75 Å². The SMILES string of the molecule is O=C([C@@H]1Cc2ccccc2O1)N(Cc1ccccc1)c1nnc(SC(F)F)s1. The molecule has 1 aromatic heterocycles. The zero-order valence-electron chi connectivity index (χ0n) is 14.5. The second-order valence-corrected chi connectivity index (χ2v) is 8.25. The molecule has 144 valence electrons. The molecule has 3 aromatic rings. The number of carbonyl (C=O) groups excluding carboxylic acids is 1. The minimum absolute atomic E-state index is 0.117. The van der Waals surface area contributed by atoms with E-state index >= 15 is 0 Å². The van der Waals surface area contributed by atoms with Crippen LogP contribution in [0.15, 0.2) is 58.9 Å². The summed E-state index contributed by atoms with van der Waals surface area (Å²) in [5, 5.41) is 8.03. The predicted octanol–water partition coefficient (Wildman–Crippen LogP) is 4.39. The summed E-state index contributed by atoms with van der Waals surface area (Å²) >= 11 is 1.29. The number of aromatic nitrogens is 2. The van der Waals surface area contributed by atoms with Gasteiger partial charge in [0.25, 0.3) is 11.7 Å². The van der Waals surface area contributed by atoms with Gasteiger partial charge in [0.05, 0.1) is 6.54 Å². The number of para-hydroxylation sites is 1. The van der Waals surface area contributed by atoms with Crippen molar-refractivity contribution in [2.24, 2.45) is 0 Å². The molecule has 0 unspecified atom stereocenters. The van der Waals surface area contributed by atoms with Gasteiger partial charge in [0.15, 0.2) is 10.4 Å². The van der Waals surface area contributed by atoms with E-state index in [1.165, 1.54) is 4.90 Å². The lowest BCUT2D eigenvalue weighted by Gasteiger charge is -2.22. The Labute approximate surface area is 168 Å². The molecule has 2 aromatic carbocycles. The first-order chi connectivity index (χ1) is 13.6. The van der Waals surface area contributed by atoms with Gasteiger partial charge < -0.3 is 4.74 Å². The van der Waals surface area contributed by atoms with Gasteiger partial charge in [-0.15, -0.1) is 10.2 Å². The second-order valence-electron chi connectivity index (χ2n) is 6.06. The number of hydrogen-bond acceptors (Lipinski definition) is 6. The smallest absolute Gasteiger partial charge is 0.291 e. The van der Waals surface area contributed by atoms with Crippen molar-refractivity contribution in [1.82, 2.24) is 10.2 Å². The number of thioether (sulfide) groups is 1. The molecule has 1 aliphatic heterocycles. The molecule has 0 saturated heterocycles. The lowest BCUT2D eigenvalue weighted by atomic mass is 10.1. The van der Waals surface area contributed by atoms with Crippen LogP contribution in [-0.2, 0) is 17.8 Å². The predicted molar refractivity (Wildman–Crippen MR) is 104 cm³/mol. The molecule has 9 heteroatoms. The van der Waals surface area contributed by atoms with Gasteiger partial charge in [0.1, 0.15) is 5.75 Å². The lowest BCUT2D eigenvalue weighted by molar-refractivity contribution is -0.124. The Hall–Kier alpha value is -2.52. The van der Waals surface area contributed by atoms with Gasteiger partial charge in [-0.3, -0.25) is 9.69 Å². The van der Waals surface area contributed by atoms with Gasteiger partial charge in [-0.1, -0.05) is 59.9 Å². The number of amides is 1. The molecule has 0 spiro atoms. The number of rotatable bonds is 6. The van der Waals surface area contributed by atoms with Crippen LogP contribution in [0.3, 0.4) is 0 Å². The maximum Gasteiger partial charge on any atom is 0.291 e. The van der Waals surface area contributed by atoms with E-state index in [9.17, 15) is 13.6 Å². The highest BCUT2D eigenvalue weighted by atomic mass is 32.2. The fourth-order valence-electron chi connectivity index (χ4n) is 2.93. The third-order valence-corrected chi connectivity index (χ3v) is 5.93. The Morgan fingerprint density at radius 2 is 1.93 bits per heavy atom. The van der Waals surface area contributed by atoms with Crippen molar-refractivity contribution < 1.29 is 18.3 Å². The van der Waals surface area contributed by atoms with Crippen molar-refractivity contribution in [3.63, 3.8) is 0 Å². The van der Waals surface area contributed by atoms with Crippen molar-refractivity contribution in [3.8, 4) is 5.75 Å². The molecule has 2 heterocycles. The summed E-state index contributed by atoms with van der Waals surface area (Å²) in [5.74, 6) is -2.18. The van der Waals surface area contributed by atoms with Crippen LogP contribution in [-0.4, -0.2) is 28.0 Å². The number of hydrogen-bond donors (Lipinski definition) is 0. The normalized spacial score (nSPS) is 15.3. The van der Waals surface area contributed by atoms with Crippen LogP contribution < -0.4 is 9.64 Å². The third kappa shape index (κ3) is 4.15. The zero-order valence-corrected chi connectivity index (χ0v) is 16.1. The third-order valence-electron chi connectivity index (χ3n) is 4.19. The molecular formula is C19H15F2N3O2S2. The van der Waals surface area contributed by atoms with E-state index in [0.29, 0.717) is 23.9 Å². The lowest BCUT2D eigenvalue weighted by Crippen LogP contribution is -2.41. The van der Waals surface area contributed by atoms with E-state index in [1.807, 2.05) is 54.6 Å². The van der Waals surface area contributed by atoms with Gasteiger partial charge in [-0.25, -0.2) is 0 Å². The van der Waals surface area contributed by atoms with Crippen LogP contribution in [0.25, 0.3) is 0 Å². The summed E-state index contributed by atoms with van der Waals surface area (Å²) in [6, 6.07) is 16.9. The molecule has 1 aliphatic rings. The topological polar surface area (TPSA) is 55.3 Å². The van der Waals surface area contributed by atoms with Crippen molar-refractivity contribution in [1.29, 1.82) is 0 Å². The average Bonchev–Trinajstić information content (AvgIpc) is 3.32. The van der Waals surface area contributed by atoms with Crippen molar-refractivity contribution in [2.45, 2.75) is 29.2 Å². The Morgan fingerprint density at radius 3 is 2.68 bits per heavy atom. The number of nitrogens with zero attached hydrogens (tertiary/aromatic N) is 3. The summed E-state index contributed by atoms with van der Waals surface area (Å²) in [7, 11) is 0. The molecule has 28 heavy (non-hydrogen) atoms. The van der Waals surface area contributed by atoms with Gasteiger partial charge in [-0.05, 0) is 29.0 Å². The number of alkyl halides is 2. The first-order valence-corrected chi connectivity index (χ1v) is 10.2. The molecular weight excluding hydrogens is 404 g/mol. The van der Waals surface area contributed by atoms with Gasteiger partial charge >= 0.3 is 0 Å². The number of anilines is 1.